The Bertz CT molecular complexity index is 500. The molecule has 2 aromatic rings. The first-order valence-electron chi connectivity index (χ1n) is 3.89. The molecule has 0 unspecified atom stereocenters. The average molecular weight is 195 g/mol. The molecule has 5 heteroatoms. The van der Waals surface area contributed by atoms with Crippen LogP contribution in [0.2, 0.25) is 0 Å². The Kier molecular flexibility index (Phi) is 1.81. The first kappa shape index (κ1) is 8.25. The molecule has 4 nitrogen and oxygen atoms in total. The number of aryl methyl sites for hydroxylation is 1. The highest BCUT2D eigenvalue weighted by Crippen LogP contribution is 2.20. The molecule has 2 aromatic heterocycles. The zero-order valence-electron chi connectivity index (χ0n) is 7.34. The van der Waals surface area contributed by atoms with Gasteiger partial charge in [0.05, 0.1) is 5.39 Å². The summed E-state index contributed by atoms with van der Waals surface area (Å²) in [7, 11) is 1.73. The summed E-state index contributed by atoms with van der Waals surface area (Å²) in [4.78, 5) is 20.2. The van der Waals surface area contributed by atoms with Gasteiger partial charge in [0.2, 0.25) is 5.95 Å². The van der Waals surface area contributed by atoms with Gasteiger partial charge in [-0.1, -0.05) is 0 Å². The Morgan fingerprint density at radius 1 is 1.62 bits per heavy atom. The SMILES string of the molecule is CNc1nc2sc(C)cc2c(=O)[nH]1. The van der Waals surface area contributed by atoms with E-state index in [1.165, 1.54) is 11.3 Å². The number of nitrogens with zero attached hydrogens (tertiary/aromatic N) is 1. The lowest BCUT2D eigenvalue weighted by molar-refractivity contribution is 1.16. The van der Waals surface area contributed by atoms with Crippen LogP contribution in [-0.4, -0.2) is 17.0 Å². The van der Waals surface area contributed by atoms with Gasteiger partial charge >= 0.3 is 0 Å². The van der Waals surface area contributed by atoms with Crippen LogP contribution in [0.4, 0.5) is 5.95 Å². The minimum Gasteiger partial charge on any atom is -0.359 e. The monoisotopic (exact) mass is 195 g/mol. The summed E-state index contributed by atoms with van der Waals surface area (Å²) in [6.07, 6.45) is 0. The molecular weight excluding hydrogens is 186 g/mol. The van der Waals surface area contributed by atoms with Crippen LogP contribution in [0.25, 0.3) is 10.2 Å². The Balaban J connectivity index is 2.83. The van der Waals surface area contributed by atoms with Crippen LogP contribution >= 0.6 is 11.3 Å². The second-order valence-corrected chi connectivity index (χ2v) is 3.98. The van der Waals surface area contributed by atoms with E-state index in [1.807, 2.05) is 13.0 Å². The lowest BCUT2D eigenvalue weighted by atomic mass is 10.4. The Morgan fingerprint density at radius 3 is 3.08 bits per heavy atom. The van der Waals surface area contributed by atoms with Gasteiger partial charge < -0.3 is 5.32 Å². The van der Waals surface area contributed by atoms with E-state index in [2.05, 4.69) is 15.3 Å². The number of fused-ring (bicyclic) bond motifs is 1. The van der Waals surface area contributed by atoms with Crippen LogP contribution in [0.1, 0.15) is 4.88 Å². The summed E-state index contributed by atoms with van der Waals surface area (Å²) in [6.45, 7) is 1.96. The fourth-order valence-corrected chi connectivity index (χ4v) is 2.05. The van der Waals surface area contributed by atoms with E-state index in [0.717, 1.165) is 9.71 Å². The van der Waals surface area contributed by atoms with E-state index < -0.39 is 0 Å². The van der Waals surface area contributed by atoms with Crippen molar-refractivity contribution in [2.75, 3.05) is 12.4 Å². The van der Waals surface area contributed by atoms with E-state index in [1.54, 1.807) is 7.05 Å². The predicted molar refractivity (Wildman–Crippen MR) is 54.5 cm³/mol. The molecule has 0 saturated carbocycles. The topological polar surface area (TPSA) is 57.8 Å². The summed E-state index contributed by atoms with van der Waals surface area (Å²) in [5, 5.41) is 3.48. The number of hydrogen-bond acceptors (Lipinski definition) is 4. The maximum Gasteiger partial charge on any atom is 0.261 e. The van der Waals surface area contributed by atoms with E-state index in [-0.39, 0.29) is 5.56 Å². The fraction of sp³-hybridized carbons (Fsp3) is 0.250. The molecule has 0 aromatic carbocycles. The molecule has 13 heavy (non-hydrogen) atoms. The largest absolute Gasteiger partial charge is 0.359 e. The maximum absolute atomic E-state index is 11.4. The van der Waals surface area contributed by atoms with Gasteiger partial charge in [-0.15, -0.1) is 11.3 Å². The Morgan fingerprint density at radius 2 is 2.38 bits per heavy atom. The van der Waals surface area contributed by atoms with Crippen LogP contribution in [0.3, 0.4) is 0 Å². The smallest absolute Gasteiger partial charge is 0.261 e. The molecule has 0 atom stereocenters. The first-order chi connectivity index (χ1) is 6.20. The molecule has 2 N–H and O–H groups in total. The van der Waals surface area contributed by atoms with Crippen LogP contribution in [-0.2, 0) is 0 Å². The van der Waals surface area contributed by atoms with Gasteiger partial charge in [-0.2, -0.15) is 0 Å². The van der Waals surface area contributed by atoms with Crippen LogP contribution in [0.5, 0.6) is 0 Å². The van der Waals surface area contributed by atoms with Gasteiger partial charge in [0.15, 0.2) is 0 Å². The van der Waals surface area contributed by atoms with Crippen LogP contribution < -0.4 is 10.9 Å². The molecule has 0 aliphatic carbocycles. The highest BCUT2D eigenvalue weighted by molar-refractivity contribution is 7.18. The molecule has 0 radical (unpaired) electrons. The zero-order valence-corrected chi connectivity index (χ0v) is 8.16. The molecule has 68 valence electrons. The summed E-state index contributed by atoms with van der Waals surface area (Å²) in [5.74, 6) is 0.513. The van der Waals surface area contributed by atoms with Gasteiger partial charge in [-0.25, -0.2) is 4.98 Å². The van der Waals surface area contributed by atoms with Crippen molar-refractivity contribution >= 4 is 27.5 Å². The van der Waals surface area contributed by atoms with Crippen molar-refractivity contribution in [3.05, 3.63) is 21.3 Å². The van der Waals surface area contributed by atoms with Crippen molar-refractivity contribution in [2.24, 2.45) is 0 Å². The number of hydrogen-bond donors (Lipinski definition) is 2. The average Bonchev–Trinajstić information content (AvgIpc) is 2.46. The van der Waals surface area contributed by atoms with Gasteiger partial charge in [0.25, 0.3) is 5.56 Å². The van der Waals surface area contributed by atoms with Crippen molar-refractivity contribution in [3.63, 3.8) is 0 Å². The van der Waals surface area contributed by atoms with Crippen molar-refractivity contribution in [1.82, 2.24) is 9.97 Å². The standard InChI is InChI=1S/C8H9N3OS/c1-4-3-5-6(12)10-8(9-2)11-7(5)13-4/h3H,1-2H3,(H2,9,10,11,12). The molecule has 0 spiro atoms. The second-order valence-electron chi connectivity index (χ2n) is 2.74. The third-order valence-electron chi connectivity index (χ3n) is 1.76. The van der Waals surface area contributed by atoms with E-state index in [0.29, 0.717) is 11.3 Å². The van der Waals surface area contributed by atoms with Gasteiger partial charge in [0, 0.05) is 11.9 Å². The molecule has 0 amide bonds. The summed E-state index contributed by atoms with van der Waals surface area (Å²) in [5.41, 5.74) is -0.0845. The lowest BCUT2D eigenvalue weighted by Gasteiger charge is -1.96. The van der Waals surface area contributed by atoms with Gasteiger partial charge in [-0.05, 0) is 13.0 Å². The molecule has 2 heterocycles. The van der Waals surface area contributed by atoms with E-state index >= 15 is 0 Å². The summed E-state index contributed by atoms with van der Waals surface area (Å²) < 4.78 is 0. The third kappa shape index (κ3) is 1.31. The van der Waals surface area contributed by atoms with E-state index in [9.17, 15) is 4.79 Å². The maximum atomic E-state index is 11.4. The highest BCUT2D eigenvalue weighted by atomic mass is 32.1. The number of rotatable bonds is 1. The highest BCUT2D eigenvalue weighted by Gasteiger charge is 2.05. The van der Waals surface area contributed by atoms with Crippen molar-refractivity contribution in [3.8, 4) is 0 Å². The molecule has 0 fully saturated rings. The van der Waals surface area contributed by atoms with Crippen molar-refractivity contribution < 1.29 is 0 Å². The quantitative estimate of drug-likeness (QED) is 0.721. The Labute approximate surface area is 78.6 Å². The van der Waals surface area contributed by atoms with Crippen LogP contribution in [0, 0.1) is 6.92 Å². The number of nitrogens with one attached hydrogen (secondary N) is 2. The number of aromatic nitrogens is 2. The Hall–Kier alpha value is -1.36. The minimum atomic E-state index is -0.0845. The molecule has 0 aliphatic rings. The normalized spacial score (nSPS) is 10.6. The summed E-state index contributed by atoms with van der Waals surface area (Å²) in [6, 6.07) is 1.85. The number of H-pyrrole nitrogens is 1. The third-order valence-corrected chi connectivity index (χ3v) is 2.71. The predicted octanol–water partition coefficient (Wildman–Crippen LogP) is 1.33. The van der Waals surface area contributed by atoms with Gasteiger partial charge in [0.1, 0.15) is 4.83 Å². The number of anilines is 1. The fourth-order valence-electron chi connectivity index (χ4n) is 1.17. The molecular formula is C8H9N3OS. The molecule has 0 bridgehead atoms. The van der Waals surface area contributed by atoms with Crippen LogP contribution in [0.15, 0.2) is 10.9 Å². The number of aromatic amines is 1. The zero-order chi connectivity index (χ0) is 9.42. The van der Waals surface area contributed by atoms with Gasteiger partial charge in [-0.3, -0.25) is 9.78 Å². The first-order valence-corrected chi connectivity index (χ1v) is 4.70. The van der Waals surface area contributed by atoms with E-state index in [4.69, 9.17) is 0 Å². The van der Waals surface area contributed by atoms with Crippen molar-refractivity contribution in [2.45, 2.75) is 6.92 Å². The molecule has 0 saturated heterocycles. The minimum absolute atomic E-state index is 0.0845. The number of thiophene rings is 1. The molecule has 0 aliphatic heterocycles. The second kappa shape index (κ2) is 2.85. The summed E-state index contributed by atoms with van der Waals surface area (Å²) >= 11 is 1.52. The van der Waals surface area contributed by atoms with Crippen molar-refractivity contribution in [1.29, 1.82) is 0 Å². The molecule has 2 rings (SSSR count). The lowest BCUT2D eigenvalue weighted by Crippen LogP contribution is -2.09.